The third kappa shape index (κ3) is 3.22. The molecule has 1 saturated carbocycles. The summed E-state index contributed by atoms with van der Waals surface area (Å²) in [4.78, 5) is 7.83. The molecule has 1 aromatic heterocycles. The van der Waals surface area contributed by atoms with Gasteiger partial charge in [0.25, 0.3) is 0 Å². The molecule has 0 spiro atoms. The van der Waals surface area contributed by atoms with Crippen LogP contribution in [0.1, 0.15) is 32.6 Å². The summed E-state index contributed by atoms with van der Waals surface area (Å²) in [6.07, 6.45) is 3.89. The molecule has 0 saturated heterocycles. The molecule has 18 heavy (non-hydrogen) atoms. The maximum Gasteiger partial charge on any atom is 0.223 e. The average Bonchev–Trinajstić information content (AvgIpc) is 2.25. The van der Waals surface area contributed by atoms with E-state index in [1.807, 2.05) is 0 Å². The second-order valence-electron chi connectivity index (χ2n) is 5.32. The summed E-state index contributed by atoms with van der Waals surface area (Å²) in [5, 5.41) is 13.6. The van der Waals surface area contributed by atoms with Gasteiger partial charge in [-0.15, -0.1) is 0 Å². The van der Waals surface area contributed by atoms with Gasteiger partial charge in [-0.3, -0.25) is 0 Å². The number of nitrogens with two attached hydrogens (primary N) is 2. The van der Waals surface area contributed by atoms with E-state index in [2.05, 4.69) is 22.2 Å². The van der Waals surface area contributed by atoms with E-state index in [0.29, 0.717) is 24.1 Å². The van der Waals surface area contributed by atoms with Gasteiger partial charge < -0.3 is 21.9 Å². The van der Waals surface area contributed by atoms with Crippen LogP contribution in [0.5, 0.6) is 0 Å². The number of nitrogen functional groups attached to an aromatic ring is 2. The van der Waals surface area contributed by atoms with Gasteiger partial charge in [0.1, 0.15) is 11.6 Å². The lowest BCUT2D eigenvalue weighted by Crippen LogP contribution is -2.41. The summed E-state index contributed by atoms with van der Waals surface area (Å²) in [7, 11) is 0. The molecule has 0 aromatic carbocycles. The Labute approximate surface area is 107 Å². The number of aliphatic hydroxyl groups is 1. The predicted molar refractivity (Wildman–Crippen MR) is 71.9 cm³/mol. The molecule has 1 fully saturated rings. The molecule has 2 atom stereocenters. The van der Waals surface area contributed by atoms with Gasteiger partial charge in [0.15, 0.2) is 0 Å². The summed E-state index contributed by atoms with van der Waals surface area (Å²) in [5.41, 5.74) is 10.4. The Hall–Kier alpha value is -1.56. The lowest BCUT2D eigenvalue weighted by atomic mass is 9.79. The minimum Gasteiger partial charge on any atom is -0.388 e. The number of hydrogen-bond donors (Lipinski definition) is 4. The van der Waals surface area contributed by atoms with E-state index in [9.17, 15) is 5.11 Å². The monoisotopic (exact) mass is 251 g/mol. The standard InChI is InChI=1S/C12H21N5O/c1-8-3-2-4-12(18,6-8)7-15-10-5-9(13)16-11(14)17-10/h5,8,18H,2-4,6-7H2,1H3,(H5,13,14,15,16,17). The zero-order chi connectivity index (χ0) is 13.2. The molecular weight excluding hydrogens is 230 g/mol. The van der Waals surface area contributed by atoms with Crippen LogP contribution in [-0.4, -0.2) is 27.2 Å². The van der Waals surface area contributed by atoms with Gasteiger partial charge in [0.2, 0.25) is 5.95 Å². The molecule has 0 amide bonds. The molecular formula is C12H21N5O. The molecule has 1 aliphatic carbocycles. The fraction of sp³-hybridized carbons (Fsp3) is 0.667. The second kappa shape index (κ2) is 4.97. The van der Waals surface area contributed by atoms with E-state index < -0.39 is 5.60 Å². The molecule has 100 valence electrons. The van der Waals surface area contributed by atoms with Crippen LogP contribution in [0.4, 0.5) is 17.6 Å². The number of anilines is 3. The van der Waals surface area contributed by atoms with Gasteiger partial charge in [-0.2, -0.15) is 9.97 Å². The fourth-order valence-corrected chi connectivity index (χ4v) is 2.62. The van der Waals surface area contributed by atoms with E-state index in [-0.39, 0.29) is 5.95 Å². The molecule has 6 heteroatoms. The molecule has 0 aliphatic heterocycles. The predicted octanol–water partition coefficient (Wildman–Crippen LogP) is 0.994. The molecule has 2 unspecified atom stereocenters. The fourth-order valence-electron chi connectivity index (χ4n) is 2.62. The molecule has 2 rings (SSSR count). The van der Waals surface area contributed by atoms with Gasteiger partial charge >= 0.3 is 0 Å². The van der Waals surface area contributed by atoms with Crippen molar-refractivity contribution in [3.8, 4) is 0 Å². The van der Waals surface area contributed by atoms with Crippen LogP contribution in [0.2, 0.25) is 0 Å². The van der Waals surface area contributed by atoms with Crippen LogP contribution in [0.25, 0.3) is 0 Å². The highest BCUT2D eigenvalue weighted by Gasteiger charge is 2.32. The summed E-state index contributed by atoms with van der Waals surface area (Å²) >= 11 is 0. The minimum absolute atomic E-state index is 0.140. The molecule has 6 N–H and O–H groups in total. The molecule has 1 heterocycles. The SMILES string of the molecule is CC1CCCC(O)(CNc2cc(N)nc(N)n2)C1. The number of rotatable bonds is 3. The zero-order valence-corrected chi connectivity index (χ0v) is 10.7. The molecule has 0 radical (unpaired) electrons. The Morgan fingerprint density at radius 1 is 1.50 bits per heavy atom. The lowest BCUT2D eigenvalue weighted by Gasteiger charge is -2.35. The van der Waals surface area contributed by atoms with E-state index in [0.717, 1.165) is 19.3 Å². The van der Waals surface area contributed by atoms with Gasteiger partial charge in [-0.05, 0) is 18.8 Å². The van der Waals surface area contributed by atoms with Crippen molar-refractivity contribution in [1.82, 2.24) is 9.97 Å². The Morgan fingerprint density at radius 2 is 2.28 bits per heavy atom. The first kappa shape index (κ1) is 12.9. The number of nitrogens with one attached hydrogen (secondary N) is 1. The zero-order valence-electron chi connectivity index (χ0n) is 10.7. The highest BCUT2D eigenvalue weighted by Crippen LogP contribution is 2.32. The highest BCUT2D eigenvalue weighted by molar-refractivity contribution is 5.48. The maximum atomic E-state index is 10.5. The van der Waals surface area contributed by atoms with Gasteiger partial charge in [0, 0.05) is 12.6 Å². The third-order valence-electron chi connectivity index (χ3n) is 3.43. The van der Waals surface area contributed by atoms with Crippen molar-refractivity contribution in [3.05, 3.63) is 6.07 Å². The Balaban J connectivity index is 1.98. The summed E-state index contributed by atoms with van der Waals surface area (Å²) in [6.45, 7) is 2.64. The van der Waals surface area contributed by atoms with Crippen molar-refractivity contribution in [2.45, 2.75) is 38.2 Å². The molecule has 1 aliphatic rings. The average molecular weight is 251 g/mol. The van der Waals surface area contributed by atoms with Crippen molar-refractivity contribution in [3.63, 3.8) is 0 Å². The number of aromatic nitrogens is 2. The molecule has 6 nitrogen and oxygen atoms in total. The third-order valence-corrected chi connectivity index (χ3v) is 3.43. The van der Waals surface area contributed by atoms with Crippen LogP contribution < -0.4 is 16.8 Å². The van der Waals surface area contributed by atoms with E-state index in [1.54, 1.807) is 6.07 Å². The summed E-state index contributed by atoms with van der Waals surface area (Å²) in [6, 6.07) is 1.62. The van der Waals surface area contributed by atoms with E-state index >= 15 is 0 Å². The van der Waals surface area contributed by atoms with E-state index in [1.165, 1.54) is 6.42 Å². The summed E-state index contributed by atoms with van der Waals surface area (Å²) < 4.78 is 0. The maximum absolute atomic E-state index is 10.5. The summed E-state index contributed by atoms with van der Waals surface area (Å²) in [5.74, 6) is 1.59. The second-order valence-corrected chi connectivity index (χ2v) is 5.32. The quantitative estimate of drug-likeness (QED) is 0.638. The smallest absolute Gasteiger partial charge is 0.223 e. The first-order valence-corrected chi connectivity index (χ1v) is 6.33. The largest absolute Gasteiger partial charge is 0.388 e. The topological polar surface area (TPSA) is 110 Å². The van der Waals surface area contributed by atoms with Gasteiger partial charge in [0.05, 0.1) is 5.60 Å². The Bertz CT molecular complexity index is 405. The van der Waals surface area contributed by atoms with Crippen LogP contribution >= 0.6 is 0 Å². The molecule has 0 bridgehead atoms. The van der Waals surface area contributed by atoms with Crippen molar-refractivity contribution in [2.75, 3.05) is 23.3 Å². The van der Waals surface area contributed by atoms with Crippen molar-refractivity contribution >= 4 is 17.6 Å². The van der Waals surface area contributed by atoms with Crippen molar-refractivity contribution < 1.29 is 5.11 Å². The van der Waals surface area contributed by atoms with Crippen LogP contribution in [0, 0.1) is 5.92 Å². The van der Waals surface area contributed by atoms with Crippen molar-refractivity contribution in [1.29, 1.82) is 0 Å². The number of hydrogen-bond acceptors (Lipinski definition) is 6. The lowest BCUT2D eigenvalue weighted by molar-refractivity contribution is -0.000826. The minimum atomic E-state index is -0.661. The Kier molecular flexibility index (Phi) is 3.56. The van der Waals surface area contributed by atoms with E-state index in [4.69, 9.17) is 11.5 Å². The highest BCUT2D eigenvalue weighted by atomic mass is 16.3. The van der Waals surface area contributed by atoms with Gasteiger partial charge in [-0.25, -0.2) is 0 Å². The number of nitrogens with zero attached hydrogens (tertiary/aromatic N) is 2. The first-order chi connectivity index (χ1) is 8.47. The van der Waals surface area contributed by atoms with Crippen LogP contribution in [-0.2, 0) is 0 Å². The first-order valence-electron chi connectivity index (χ1n) is 6.33. The van der Waals surface area contributed by atoms with Gasteiger partial charge in [-0.1, -0.05) is 19.8 Å². The van der Waals surface area contributed by atoms with Crippen LogP contribution in [0.15, 0.2) is 6.07 Å². The van der Waals surface area contributed by atoms with Crippen LogP contribution in [0.3, 0.4) is 0 Å². The Morgan fingerprint density at radius 3 is 2.94 bits per heavy atom. The molecule has 1 aromatic rings. The normalized spacial score (nSPS) is 28.0. The van der Waals surface area contributed by atoms with Crippen molar-refractivity contribution in [2.24, 2.45) is 5.92 Å².